The van der Waals surface area contributed by atoms with E-state index in [2.05, 4.69) is 44.0 Å². The lowest BCUT2D eigenvalue weighted by Gasteiger charge is -2.23. The summed E-state index contributed by atoms with van der Waals surface area (Å²) in [5, 5.41) is 12.9. The Kier molecular flexibility index (Phi) is 8.55. The normalized spacial score (nSPS) is 12.1. The highest BCUT2D eigenvalue weighted by Gasteiger charge is 2.22. The molecular formula is C23H28ClN5O2S. The number of amides is 1. The first kappa shape index (κ1) is 24.1. The van der Waals surface area contributed by atoms with Crippen LogP contribution in [0.15, 0.2) is 53.7 Å². The fourth-order valence-corrected chi connectivity index (χ4v) is 4.42. The van der Waals surface area contributed by atoms with Gasteiger partial charge >= 0.3 is 0 Å². The van der Waals surface area contributed by atoms with E-state index in [1.54, 1.807) is 25.3 Å². The number of halogens is 1. The second-order valence-electron chi connectivity index (χ2n) is 7.49. The zero-order chi connectivity index (χ0) is 23.1. The van der Waals surface area contributed by atoms with Crippen LogP contribution in [-0.4, -0.2) is 52.5 Å². The first-order valence-corrected chi connectivity index (χ1v) is 11.7. The van der Waals surface area contributed by atoms with Gasteiger partial charge in [-0.25, -0.2) is 0 Å². The van der Waals surface area contributed by atoms with E-state index in [1.807, 2.05) is 32.3 Å². The molecule has 1 N–H and O–H groups in total. The van der Waals surface area contributed by atoms with Crippen LogP contribution >= 0.6 is 23.4 Å². The van der Waals surface area contributed by atoms with Gasteiger partial charge in [-0.3, -0.25) is 9.69 Å². The van der Waals surface area contributed by atoms with Crippen molar-refractivity contribution in [2.75, 3.05) is 32.3 Å². The Morgan fingerprint density at radius 1 is 1.22 bits per heavy atom. The molecule has 1 aromatic heterocycles. The van der Waals surface area contributed by atoms with Gasteiger partial charge in [-0.15, -0.1) is 10.2 Å². The Morgan fingerprint density at radius 3 is 2.59 bits per heavy atom. The number of nitrogens with zero attached hydrogens (tertiary/aromatic N) is 4. The molecule has 0 saturated heterocycles. The third kappa shape index (κ3) is 6.03. The van der Waals surface area contributed by atoms with Gasteiger partial charge in [-0.2, -0.15) is 0 Å². The van der Waals surface area contributed by atoms with Crippen molar-refractivity contribution in [2.45, 2.75) is 31.1 Å². The molecule has 0 saturated carbocycles. The Balaban J connectivity index is 1.75. The lowest BCUT2D eigenvalue weighted by Crippen LogP contribution is -2.23. The third-order valence-corrected chi connectivity index (χ3v) is 6.27. The number of rotatable bonds is 10. The summed E-state index contributed by atoms with van der Waals surface area (Å²) in [6.07, 6.45) is 0.906. The third-order valence-electron chi connectivity index (χ3n) is 5.00. The average molecular weight is 474 g/mol. The first-order valence-electron chi connectivity index (χ1n) is 10.3. The number of ether oxygens (including phenoxy) is 1. The summed E-state index contributed by atoms with van der Waals surface area (Å²) in [6.45, 7) is 2.78. The number of hydrogen-bond donors (Lipinski definition) is 1. The van der Waals surface area contributed by atoms with Gasteiger partial charge in [-0.05, 0) is 44.3 Å². The van der Waals surface area contributed by atoms with E-state index < -0.39 is 0 Å². The van der Waals surface area contributed by atoms with Crippen LogP contribution in [0.25, 0.3) is 0 Å². The molecule has 3 aromatic rings. The fraction of sp³-hybridized carbons (Fsp3) is 0.348. The van der Waals surface area contributed by atoms with E-state index >= 15 is 0 Å². The molecule has 1 heterocycles. The molecule has 3 rings (SSSR count). The molecule has 32 heavy (non-hydrogen) atoms. The van der Waals surface area contributed by atoms with Gasteiger partial charge in [0.05, 0.1) is 30.5 Å². The molecule has 1 atom stereocenters. The van der Waals surface area contributed by atoms with Crippen LogP contribution in [-0.2, 0) is 11.3 Å². The Bertz CT molecular complexity index is 1040. The van der Waals surface area contributed by atoms with E-state index in [1.165, 1.54) is 11.8 Å². The van der Waals surface area contributed by atoms with Gasteiger partial charge in [0.1, 0.15) is 5.75 Å². The number of hydrogen-bond acceptors (Lipinski definition) is 6. The molecule has 9 heteroatoms. The van der Waals surface area contributed by atoms with Crippen molar-refractivity contribution < 1.29 is 9.53 Å². The molecule has 0 radical (unpaired) electrons. The molecule has 1 amide bonds. The van der Waals surface area contributed by atoms with Crippen molar-refractivity contribution in [3.63, 3.8) is 0 Å². The van der Waals surface area contributed by atoms with E-state index in [-0.39, 0.29) is 17.7 Å². The number of carbonyl (C=O) groups excluding carboxylic acids is 1. The van der Waals surface area contributed by atoms with E-state index in [9.17, 15) is 4.79 Å². The summed E-state index contributed by atoms with van der Waals surface area (Å²) < 4.78 is 7.25. The van der Waals surface area contributed by atoms with Crippen LogP contribution in [0, 0.1) is 0 Å². The van der Waals surface area contributed by atoms with Gasteiger partial charge < -0.3 is 14.6 Å². The highest BCUT2D eigenvalue weighted by atomic mass is 35.5. The van der Waals surface area contributed by atoms with Crippen LogP contribution in [0.2, 0.25) is 5.02 Å². The summed E-state index contributed by atoms with van der Waals surface area (Å²) >= 11 is 7.52. The minimum Gasteiger partial charge on any atom is -0.495 e. The van der Waals surface area contributed by atoms with Crippen molar-refractivity contribution in [3.05, 3.63) is 64.9 Å². The predicted octanol–water partition coefficient (Wildman–Crippen LogP) is 4.73. The minimum absolute atomic E-state index is 0.135. The summed E-state index contributed by atoms with van der Waals surface area (Å²) in [4.78, 5) is 14.7. The van der Waals surface area contributed by atoms with Crippen LogP contribution in [0.5, 0.6) is 5.75 Å². The number of benzene rings is 2. The van der Waals surface area contributed by atoms with E-state index in [0.717, 1.165) is 17.8 Å². The minimum atomic E-state index is -0.147. The molecule has 2 aromatic carbocycles. The molecule has 170 valence electrons. The second kappa shape index (κ2) is 11.4. The zero-order valence-electron chi connectivity index (χ0n) is 18.7. The predicted molar refractivity (Wildman–Crippen MR) is 130 cm³/mol. The Morgan fingerprint density at radius 2 is 1.97 bits per heavy atom. The van der Waals surface area contributed by atoms with Crippen LogP contribution in [0.4, 0.5) is 5.69 Å². The number of aromatic nitrogens is 3. The molecule has 0 fully saturated rings. The second-order valence-corrected chi connectivity index (χ2v) is 8.84. The van der Waals surface area contributed by atoms with E-state index in [4.69, 9.17) is 16.3 Å². The maximum absolute atomic E-state index is 12.6. The molecule has 0 aliphatic rings. The summed E-state index contributed by atoms with van der Waals surface area (Å²) in [5.41, 5.74) is 1.77. The van der Waals surface area contributed by atoms with Crippen LogP contribution in [0.3, 0.4) is 0 Å². The first-order chi connectivity index (χ1) is 15.4. The molecular weight excluding hydrogens is 446 g/mol. The SMILES string of the molecule is CCC(c1nnc(SCC(=O)Nc2ccc(OC)c(Cl)c2)n1Cc1ccccc1)N(C)C. The number of methoxy groups -OCH3 is 1. The van der Waals surface area contributed by atoms with Gasteiger partial charge in [0.2, 0.25) is 5.91 Å². The monoisotopic (exact) mass is 473 g/mol. The molecule has 7 nitrogen and oxygen atoms in total. The number of thioether (sulfide) groups is 1. The quantitative estimate of drug-likeness (QED) is 0.429. The summed E-state index contributed by atoms with van der Waals surface area (Å²) in [5.74, 6) is 1.51. The van der Waals surface area contributed by atoms with Crippen molar-refractivity contribution in [1.82, 2.24) is 19.7 Å². The van der Waals surface area contributed by atoms with Gasteiger partial charge in [0, 0.05) is 5.69 Å². The summed E-state index contributed by atoms with van der Waals surface area (Å²) in [6, 6.07) is 15.5. The Hall–Kier alpha value is -2.55. The van der Waals surface area contributed by atoms with Crippen molar-refractivity contribution in [2.24, 2.45) is 0 Å². The number of nitrogens with one attached hydrogen (secondary N) is 1. The summed E-state index contributed by atoms with van der Waals surface area (Å²) in [7, 11) is 5.63. The van der Waals surface area contributed by atoms with Crippen LogP contribution in [0.1, 0.15) is 30.8 Å². The zero-order valence-corrected chi connectivity index (χ0v) is 20.3. The van der Waals surface area contributed by atoms with Gasteiger partial charge in [-0.1, -0.05) is 60.6 Å². The van der Waals surface area contributed by atoms with E-state index in [0.29, 0.717) is 28.2 Å². The molecule has 0 bridgehead atoms. The number of anilines is 1. The fourth-order valence-electron chi connectivity index (χ4n) is 3.42. The standard InChI is InChI=1S/C23H28ClN5O2S/c1-5-19(28(2)3)22-26-27-23(29(22)14-16-9-7-6-8-10-16)32-15-21(30)25-17-11-12-20(31-4)18(24)13-17/h6-13,19H,5,14-15H2,1-4H3,(H,25,30). The van der Waals surface area contributed by atoms with Gasteiger partial charge in [0.15, 0.2) is 11.0 Å². The largest absolute Gasteiger partial charge is 0.495 e. The topological polar surface area (TPSA) is 72.3 Å². The van der Waals surface area contributed by atoms with Crippen molar-refractivity contribution in [1.29, 1.82) is 0 Å². The maximum atomic E-state index is 12.6. The highest BCUT2D eigenvalue weighted by Crippen LogP contribution is 2.28. The Labute approximate surface area is 198 Å². The van der Waals surface area contributed by atoms with Gasteiger partial charge in [0.25, 0.3) is 0 Å². The highest BCUT2D eigenvalue weighted by molar-refractivity contribution is 7.99. The average Bonchev–Trinajstić information content (AvgIpc) is 3.15. The van der Waals surface area contributed by atoms with Crippen LogP contribution < -0.4 is 10.1 Å². The van der Waals surface area contributed by atoms with Crippen molar-refractivity contribution in [3.8, 4) is 5.75 Å². The lowest BCUT2D eigenvalue weighted by atomic mass is 10.2. The molecule has 1 unspecified atom stereocenters. The van der Waals surface area contributed by atoms with Crippen molar-refractivity contribution >= 4 is 35.0 Å². The maximum Gasteiger partial charge on any atom is 0.234 e. The molecule has 0 aliphatic heterocycles. The lowest BCUT2D eigenvalue weighted by molar-refractivity contribution is -0.113. The molecule has 0 aliphatic carbocycles. The smallest absolute Gasteiger partial charge is 0.234 e. The molecule has 0 spiro atoms. The number of carbonyl (C=O) groups is 1.